The molecule has 0 radical (unpaired) electrons. The van der Waals surface area contributed by atoms with E-state index < -0.39 is 10.0 Å². The van der Waals surface area contributed by atoms with Gasteiger partial charge in [0.05, 0.1) is 5.75 Å². The summed E-state index contributed by atoms with van der Waals surface area (Å²) >= 11 is 0. The molecule has 3 rings (SSSR count). The van der Waals surface area contributed by atoms with Gasteiger partial charge in [-0.25, -0.2) is 8.42 Å². The second-order valence-electron chi connectivity index (χ2n) is 6.48. The lowest BCUT2D eigenvalue weighted by molar-refractivity contribution is 0.145. The van der Waals surface area contributed by atoms with Crippen molar-refractivity contribution in [1.82, 2.24) is 14.5 Å². The van der Waals surface area contributed by atoms with E-state index in [1.165, 1.54) is 25.7 Å². The van der Waals surface area contributed by atoms with Crippen molar-refractivity contribution >= 4 is 22.4 Å². The van der Waals surface area contributed by atoms with Crippen LogP contribution in [0.15, 0.2) is 0 Å². The van der Waals surface area contributed by atoms with Crippen LogP contribution >= 0.6 is 12.4 Å². The number of hydrogen-bond donors (Lipinski definition) is 1. The molecule has 1 atom stereocenters. The minimum absolute atomic E-state index is 0. The van der Waals surface area contributed by atoms with Crippen molar-refractivity contribution in [3.8, 4) is 0 Å². The third-order valence-electron chi connectivity index (χ3n) is 5.23. The lowest BCUT2D eigenvalue weighted by atomic mass is 9.84. The molecule has 0 aromatic heterocycles. The highest BCUT2D eigenvalue weighted by molar-refractivity contribution is 7.89. The molecule has 0 aromatic rings. The normalized spacial score (nSPS) is 29.0. The molecule has 0 bridgehead atoms. The fourth-order valence-electron chi connectivity index (χ4n) is 3.52. The van der Waals surface area contributed by atoms with Crippen molar-refractivity contribution < 1.29 is 8.42 Å². The van der Waals surface area contributed by atoms with Gasteiger partial charge in [-0.15, -0.1) is 12.4 Å². The van der Waals surface area contributed by atoms with Crippen LogP contribution in [0.25, 0.3) is 0 Å². The topological polar surface area (TPSA) is 52.7 Å². The molecule has 7 heteroatoms. The molecule has 2 aliphatic heterocycles. The lowest BCUT2D eigenvalue weighted by Gasteiger charge is -2.37. The maximum absolute atomic E-state index is 12.4. The minimum Gasteiger partial charge on any atom is -0.315 e. The smallest absolute Gasteiger partial charge is 0.214 e. The summed E-state index contributed by atoms with van der Waals surface area (Å²) in [6, 6.07) is 0.620. The van der Waals surface area contributed by atoms with Crippen LogP contribution in [0.1, 0.15) is 32.1 Å². The zero-order chi connectivity index (χ0) is 14.0. The average molecular weight is 338 g/mol. The molecule has 0 aromatic carbocycles. The Balaban J connectivity index is 0.00000161. The first kappa shape index (κ1) is 17.5. The van der Waals surface area contributed by atoms with E-state index in [2.05, 4.69) is 10.2 Å². The van der Waals surface area contributed by atoms with E-state index in [1.54, 1.807) is 4.31 Å². The summed E-state index contributed by atoms with van der Waals surface area (Å²) in [4.78, 5) is 2.46. The highest BCUT2D eigenvalue weighted by Crippen LogP contribution is 2.30. The van der Waals surface area contributed by atoms with E-state index >= 15 is 0 Å². The van der Waals surface area contributed by atoms with Crippen LogP contribution in [0.3, 0.4) is 0 Å². The number of nitrogens with one attached hydrogen (secondary N) is 1. The van der Waals surface area contributed by atoms with E-state index in [-0.39, 0.29) is 12.4 Å². The van der Waals surface area contributed by atoms with Crippen molar-refractivity contribution in [3.63, 3.8) is 0 Å². The summed E-state index contributed by atoms with van der Waals surface area (Å²) in [5.41, 5.74) is 0. The van der Waals surface area contributed by atoms with Gasteiger partial charge in [0.15, 0.2) is 0 Å². The zero-order valence-corrected chi connectivity index (χ0v) is 14.3. The van der Waals surface area contributed by atoms with Crippen LogP contribution in [0.4, 0.5) is 0 Å². The van der Waals surface area contributed by atoms with Gasteiger partial charge in [-0.1, -0.05) is 19.3 Å². The summed E-state index contributed by atoms with van der Waals surface area (Å²) in [6.07, 6.45) is 5.83. The molecule has 2 saturated heterocycles. The van der Waals surface area contributed by atoms with E-state index in [4.69, 9.17) is 0 Å². The molecule has 0 spiro atoms. The summed E-state index contributed by atoms with van der Waals surface area (Å²) in [7, 11) is -3.01. The Bertz CT molecular complexity index is 414. The first-order chi connectivity index (χ1) is 9.65. The van der Waals surface area contributed by atoms with Gasteiger partial charge >= 0.3 is 0 Å². The molecule has 1 saturated carbocycles. The standard InChI is InChI=1S/C14H27N3O2S.ClH/c18-20(19,11-5-13-2-1-3-13)17-9-7-16(8-10-17)14-4-6-15-12-14;/h13-15H,1-12H2;1H. The van der Waals surface area contributed by atoms with Gasteiger partial charge in [-0.05, 0) is 25.3 Å². The predicted molar refractivity (Wildman–Crippen MR) is 87.4 cm³/mol. The average Bonchev–Trinajstić information content (AvgIpc) is 2.91. The van der Waals surface area contributed by atoms with Crippen molar-refractivity contribution in [1.29, 1.82) is 0 Å². The third-order valence-corrected chi connectivity index (χ3v) is 7.13. The fraction of sp³-hybridized carbons (Fsp3) is 1.00. The quantitative estimate of drug-likeness (QED) is 0.810. The van der Waals surface area contributed by atoms with E-state index in [9.17, 15) is 8.42 Å². The highest BCUT2D eigenvalue weighted by Gasteiger charge is 2.31. The molecule has 1 unspecified atom stereocenters. The highest BCUT2D eigenvalue weighted by atomic mass is 35.5. The molecular weight excluding hydrogens is 310 g/mol. The molecule has 0 amide bonds. The van der Waals surface area contributed by atoms with Gasteiger partial charge < -0.3 is 5.32 Å². The number of nitrogens with zero attached hydrogens (tertiary/aromatic N) is 2. The van der Waals surface area contributed by atoms with Crippen LogP contribution in [-0.4, -0.2) is 68.7 Å². The SMILES string of the molecule is Cl.O=S(=O)(CCC1CCC1)N1CCN(C2CCNC2)CC1. The van der Waals surface area contributed by atoms with Crippen molar-refractivity contribution in [2.75, 3.05) is 45.0 Å². The Morgan fingerprint density at radius 2 is 1.76 bits per heavy atom. The Hall–Kier alpha value is 0.120. The Morgan fingerprint density at radius 1 is 1.05 bits per heavy atom. The molecule has 3 fully saturated rings. The van der Waals surface area contributed by atoms with Crippen molar-refractivity contribution in [3.05, 3.63) is 0 Å². The largest absolute Gasteiger partial charge is 0.315 e. The Labute approximate surface area is 134 Å². The zero-order valence-electron chi connectivity index (χ0n) is 12.7. The predicted octanol–water partition coefficient (Wildman–Crippen LogP) is 0.908. The molecule has 1 aliphatic carbocycles. The number of rotatable bonds is 5. The number of hydrogen-bond acceptors (Lipinski definition) is 4. The monoisotopic (exact) mass is 337 g/mol. The number of piperazine rings is 1. The number of halogens is 1. The van der Waals surface area contributed by atoms with Gasteiger partial charge in [0.1, 0.15) is 0 Å². The van der Waals surface area contributed by atoms with Gasteiger partial charge in [-0.3, -0.25) is 4.90 Å². The fourth-order valence-corrected chi connectivity index (χ4v) is 5.13. The van der Waals surface area contributed by atoms with E-state index in [0.717, 1.165) is 32.6 Å². The lowest BCUT2D eigenvalue weighted by Crippen LogP contribution is -2.52. The third kappa shape index (κ3) is 4.32. The Morgan fingerprint density at radius 3 is 2.29 bits per heavy atom. The van der Waals surface area contributed by atoms with Gasteiger partial charge in [0, 0.05) is 38.8 Å². The van der Waals surface area contributed by atoms with Gasteiger partial charge in [0.25, 0.3) is 0 Å². The first-order valence-corrected chi connectivity index (χ1v) is 9.69. The van der Waals surface area contributed by atoms with E-state index in [0.29, 0.717) is 30.8 Å². The first-order valence-electron chi connectivity index (χ1n) is 8.08. The molecule has 2 heterocycles. The molecule has 21 heavy (non-hydrogen) atoms. The maximum Gasteiger partial charge on any atom is 0.214 e. The Kier molecular flexibility index (Phi) is 6.32. The van der Waals surface area contributed by atoms with Crippen molar-refractivity contribution in [2.24, 2.45) is 5.92 Å². The van der Waals surface area contributed by atoms with Crippen LogP contribution < -0.4 is 5.32 Å². The maximum atomic E-state index is 12.4. The van der Waals surface area contributed by atoms with Crippen molar-refractivity contribution in [2.45, 2.75) is 38.1 Å². The molecule has 124 valence electrons. The molecule has 3 aliphatic rings. The van der Waals surface area contributed by atoms with Gasteiger partial charge in [0.2, 0.25) is 10.0 Å². The van der Waals surface area contributed by atoms with Gasteiger partial charge in [-0.2, -0.15) is 4.31 Å². The van der Waals surface area contributed by atoms with Crippen LogP contribution in [0.5, 0.6) is 0 Å². The summed E-state index contributed by atoms with van der Waals surface area (Å²) in [5.74, 6) is 1.04. The summed E-state index contributed by atoms with van der Waals surface area (Å²) in [6.45, 7) is 5.33. The number of sulfonamides is 1. The van der Waals surface area contributed by atoms with Crippen LogP contribution in [0.2, 0.25) is 0 Å². The second-order valence-corrected chi connectivity index (χ2v) is 8.57. The minimum atomic E-state index is -3.01. The molecule has 1 N–H and O–H groups in total. The molecular formula is C14H28ClN3O2S. The van der Waals surface area contributed by atoms with E-state index in [1.807, 2.05) is 0 Å². The van der Waals surface area contributed by atoms with Crippen LogP contribution in [-0.2, 0) is 10.0 Å². The summed E-state index contributed by atoms with van der Waals surface area (Å²) in [5, 5.41) is 3.38. The summed E-state index contributed by atoms with van der Waals surface area (Å²) < 4.78 is 26.4. The second kappa shape index (κ2) is 7.59. The van der Waals surface area contributed by atoms with Crippen LogP contribution in [0, 0.1) is 5.92 Å². The molecule has 5 nitrogen and oxygen atoms in total.